The van der Waals surface area contributed by atoms with E-state index in [1.165, 1.54) is 61.8 Å². The van der Waals surface area contributed by atoms with Crippen LogP contribution in [0.3, 0.4) is 0 Å². The van der Waals surface area contributed by atoms with E-state index in [9.17, 15) is 14.7 Å². The summed E-state index contributed by atoms with van der Waals surface area (Å²) in [4.78, 5) is 24.8. The fourth-order valence-corrected chi connectivity index (χ4v) is 7.21. The van der Waals surface area contributed by atoms with Gasteiger partial charge < -0.3 is 15.0 Å². The Balaban J connectivity index is 1.50. The quantitative estimate of drug-likeness (QED) is 0.393. The lowest BCUT2D eigenvalue weighted by molar-refractivity contribution is -0.145. The van der Waals surface area contributed by atoms with Crippen LogP contribution >= 0.6 is 0 Å². The van der Waals surface area contributed by atoms with E-state index in [1.54, 1.807) is 0 Å². The molecule has 5 nitrogen and oxygen atoms in total. The first-order valence-corrected chi connectivity index (χ1v) is 15.1. The van der Waals surface area contributed by atoms with Crippen LogP contribution in [-0.2, 0) is 11.2 Å². The van der Waals surface area contributed by atoms with Crippen molar-refractivity contribution >= 4 is 11.9 Å². The Bertz CT molecular complexity index is 1150. The number of aromatic nitrogens is 1. The van der Waals surface area contributed by atoms with Gasteiger partial charge in [0.1, 0.15) is 0 Å². The van der Waals surface area contributed by atoms with Gasteiger partial charge in [0.25, 0.3) is 5.91 Å². The van der Waals surface area contributed by atoms with Crippen LogP contribution in [0.1, 0.15) is 120 Å². The van der Waals surface area contributed by atoms with Gasteiger partial charge in [-0.2, -0.15) is 0 Å². The Morgan fingerprint density at radius 3 is 2.37 bits per heavy atom. The van der Waals surface area contributed by atoms with Gasteiger partial charge in [-0.3, -0.25) is 9.59 Å². The molecule has 0 aliphatic heterocycles. The average Bonchev–Trinajstić information content (AvgIpc) is 3.50. The zero-order valence-electron chi connectivity index (χ0n) is 24.4. The number of aliphatic carboxylic acids is 1. The Morgan fingerprint density at radius 1 is 1.13 bits per heavy atom. The molecule has 0 radical (unpaired) electrons. The highest BCUT2D eigenvalue weighted by molar-refractivity contribution is 5.96. The van der Waals surface area contributed by atoms with Crippen molar-refractivity contribution in [2.24, 2.45) is 28.6 Å². The smallest absolute Gasteiger partial charge is 0.306 e. The Labute approximate surface area is 229 Å². The van der Waals surface area contributed by atoms with E-state index >= 15 is 0 Å². The number of carboxylic acids is 1. The molecule has 4 aliphatic carbocycles. The number of carboxylic acid groups (broad SMARTS) is 1. The van der Waals surface area contributed by atoms with Gasteiger partial charge in [0, 0.05) is 23.9 Å². The molecule has 2 N–H and O–H groups in total. The summed E-state index contributed by atoms with van der Waals surface area (Å²) >= 11 is 0. The largest absolute Gasteiger partial charge is 0.481 e. The second-order valence-electron chi connectivity index (χ2n) is 14.2. The molecule has 1 amide bonds. The van der Waals surface area contributed by atoms with Crippen molar-refractivity contribution in [2.45, 2.75) is 118 Å². The van der Waals surface area contributed by atoms with Crippen LogP contribution in [0.4, 0.5) is 0 Å². The molecule has 3 fully saturated rings. The number of nitrogens with zero attached hydrogens (tertiary/aromatic N) is 1. The van der Waals surface area contributed by atoms with E-state index in [0.717, 1.165) is 17.5 Å². The summed E-state index contributed by atoms with van der Waals surface area (Å²) in [7, 11) is 0. The second kappa shape index (κ2) is 10.0. The summed E-state index contributed by atoms with van der Waals surface area (Å²) < 4.78 is 2.47. The molecule has 0 bridgehead atoms. The molecule has 208 valence electrons. The first-order valence-electron chi connectivity index (χ1n) is 15.1. The number of nitrogens with one attached hydrogen (secondary N) is 1. The molecule has 0 aromatic carbocycles. The Hall–Kier alpha value is -2.30. The predicted molar refractivity (Wildman–Crippen MR) is 152 cm³/mol. The van der Waals surface area contributed by atoms with Crippen LogP contribution in [0.2, 0.25) is 0 Å². The van der Waals surface area contributed by atoms with Gasteiger partial charge in [-0.05, 0) is 66.9 Å². The summed E-state index contributed by atoms with van der Waals surface area (Å²) in [5.74, 6) is -0.111. The first-order chi connectivity index (χ1) is 17.9. The topological polar surface area (TPSA) is 71.3 Å². The molecule has 5 heteroatoms. The first kappa shape index (κ1) is 27.3. The zero-order chi connectivity index (χ0) is 27.4. The maximum atomic E-state index is 13.5. The predicted octanol–water partition coefficient (Wildman–Crippen LogP) is 7.40. The number of amides is 1. The normalized spacial score (nSPS) is 29.2. The lowest BCUT2D eigenvalue weighted by atomic mass is 9.71. The molecule has 5 rings (SSSR count). The summed E-state index contributed by atoms with van der Waals surface area (Å²) in [5, 5.41) is 12.4. The fraction of sp³-hybridized carbons (Fsp3) is 0.697. The molecule has 4 aliphatic rings. The van der Waals surface area contributed by atoms with E-state index in [-0.39, 0.29) is 34.7 Å². The molecule has 1 aromatic heterocycles. The van der Waals surface area contributed by atoms with Crippen LogP contribution in [0, 0.1) is 35.5 Å². The molecule has 3 saturated carbocycles. The SMILES string of the molecule is Cc1c(C(=O)NC2CC(C(=O)O)C2)cn(C2C=C(C3(C)CC3)C=C(C(C)(C)C)C2C)c1CC1CCCCC1. The molecule has 38 heavy (non-hydrogen) atoms. The number of allylic oxidation sites excluding steroid dienone is 4. The van der Waals surface area contributed by atoms with Crippen molar-refractivity contribution in [2.75, 3.05) is 0 Å². The third-order valence-corrected chi connectivity index (χ3v) is 10.2. The molecule has 1 heterocycles. The van der Waals surface area contributed by atoms with Crippen LogP contribution in [0.15, 0.2) is 29.5 Å². The standard InChI is InChI=1S/C33H48N2O3/c1-20-26(30(36)34-25-15-23(16-25)31(37)38)19-35(28(20)14-22-10-8-7-9-11-22)29-18-24(33(6)12-13-33)17-27(21(29)2)32(3,4)5/h17-19,21-23,25,29H,7-16H2,1-6H3,(H,34,36)(H,37,38). The highest BCUT2D eigenvalue weighted by atomic mass is 16.4. The zero-order valence-corrected chi connectivity index (χ0v) is 24.4. The summed E-state index contributed by atoms with van der Waals surface area (Å²) in [5.41, 5.74) is 6.53. The second-order valence-corrected chi connectivity index (χ2v) is 14.2. The van der Waals surface area contributed by atoms with Crippen LogP contribution in [0.5, 0.6) is 0 Å². The van der Waals surface area contributed by atoms with Gasteiger partial charge in [0.15, 0.2) is 0 Å². The van der Waals surface area contributed by atoms with Gasteiger partial charge in [0.2, 0.25) is 0 Å². The van der Waals surface area contributed by atoms with Gasteiger partial charge in [-0.15, -0.1) is 0 Å². The van der Waals surface area contributed by atoms with Gasteiger partial charge in [-0.1, -0.05) is 84.4 Å². The fourth-order valence-electron chi connectivity index (χ4n) is 7.21. The van der Waals surface area contributed by atoms with Crippen LogP contribution in [0.25, 0.3) is 0 Å². The number of rotatable bonds is 7. The molecule has 1 aromatic rings. The number of carbonyl (C=O) groups excluding carboxylic acids is 1. The van der Waals surface area contributed by atoms with Crippen molar-refractivity contribution in [1.29, 1.82) is 0 Å². The van der Waals surface area contributed by atoms with Crippen molar-refractivity contribution in [3.05, 3.63) is 46.3 Å². The monoisotopic (exact) mass is 520 g/mol. The third kappa shape index (κ3) is 5.27. The minimum absolute atomic E-state index is 0.0431. The lowest BCUT2D eigenvalue weighted by Gasteiger charge is -2.39. The lowest BCUT2D eigenvalue weighted by Crippen LogP contribution is -2.46. The Morgan fingerprint density at radius 2 is 1.79 bits per heavy atom. The van der Waals surface area contributed by atoms with Crippen LogP contribution in [-0.4, -0.2) is 27.6 Å². The van der Waals surface area contributed by atoms with Crippen molar-refractivity contribution in [1.82, 2.24) is 9.88 Å². The molecule has 2 atom stereocenters. The van der Waals surface area contributed by atoms with Crippen molar-refractivity contribution in [3.8, 4) is 0 Å². The molecule has 2 unspecified atom stereocenters. The molecule has 0 spiro atoms. The third-order valence-electron chi connectivity index (χ3n) is 10.2. The maximum absolute atomic E-state index is 13.5. The molecular weight excluding hydrogens is 472 g/mol. The minimum atomic E-state index is -0.756. The molecule has 0 saturated heterocycles. The van der Waals surface area contributed by atoms with E-state index in [1.807, 2.05) is 0 Å². The maximum Gasteiger partial charge on any atom is 0.306 e. The number of hydrogen-bond donors (Lipinski definition) is 2. The average molecular weight is 521 g/mol. The van der Waals surface area contributed by atoms with E-state index < -0.39 is 5.97 Å². The van der Waals surface area contributed by atoms with Gasteiger partial charge in [-0.25, -0.2) is 0 Å². The number of carbonyl (C=O) groups is 2. The van der Waals surface area contributed by atoms with Gasteiger partial charge >= 0.3 is 5.97 Å². The Kier molecular flexibility index (Phi) is 7.19. The van der Waals surface area contributed by atoms with E-state index in [0.29, 0.717) is 24.7 Å². The summed E-state index contributed by atoms with van der Waals surface area (Å²) in [6, 6.07) is 0.152. The van der Waals surface area contributed by atoms with E-state index in [4.69, 9.17) is 0 Å². The number of hydrogen-bond acceptors (Lipinski definition) is 2. The minimum Gasteiger partial charge on any atom is -0.481 e. The summed E-state index contributed by atoms with van der Waals surface area (Å²) in [6.45, 7) is 13.9. The highest BCUT2D eigenvalue weighted by Gasteiger charge is 2.44. The summed E-state index contributed by atoms with van der Waals surface area (Å²) in [6.07, 6.45) is 18.2. The van der Waals surface area contributed by atoms with Crippen molar-refractivity contribution < 1.29 is 14.7 Å². The van der Waals surface area contributed by atoms with Crippen LogP contribution < -0.4 is 5.32 Å². The van der Waals surface area contributed by atoms with Crippen molar-refractivity contribution in [3.63, 3.8) is 0 Å². The highest BCUT2D eigenvalue weighted by Crippen LogP contribution is 2.56. The van der Waals surface area contributed by atoms with Gasteiger partial charge in [0.05, 0.1) is 17.5 Å². The molecular formula is C33H48N2O3. The van der Waals surface area contributed by atoms with E-state index in [2.05, 4.69) is 69.8 Å².